The number of carbonyl (C=O) groups excluding carboxylic acids is 1. The molecular formula is C23H29N3O2. The normalized spacial score (nSPS) is 17.1. The highest BCUT2D eigenvalue weighted by Crippen LogP contribution is 2.26. The Morgan fingerprint density at radius 3 is 2.50 bits per heavy atom. The van der Waals surface area contributed by atoms with E-state index in [4.69, 9.17) is 4.74 Å². The summed E-state index contributed by atoms with van der Waals surface area (Å²) >= 11 is 0. The predicted molar refractivity (Wildman–Crippen MR) is 113 cm³/mol. The SMILES string of the molecule is O=C(Nc1ccccc1OCCN1CCCC1)c1cccc(N2CCCC2)c1. The van der Waals surface area contributed by atoms with Gasteiger partial charge in [0.2, 0.25) is 0 Å². The molecule has 2 aromatic rings. The molecule has 148 valence electrons. The van der Waals surface area contributed by atoms with E-state index in [1.165, 1.54) is 25.7 Å². The predicted octanol–water partition coefficient (Wildman–Crippen LogP) is 4.01. The molecule has 0 aliphatic carbocycles. The first kappa shape index (κ1) is 18.8. The van der Waals surface area contributed by atoms with Crippen molar-refractivity contribution in [3.05, 3.63) is 54.1 Å². The lowest BCUT2D eigenvalue weighted by Crippen LogP contribution is -2.25. The van der Waals surface area contributed by atoms with Crippen LogP contribution in [0.1, 0.15) is 36.0 Å². The summed E-state index contributed by atoms with van der Waals surface area (Å²) in [6.45, 7) is 6.03. The number of nitrogens with zero attached hydrogens (tertiary/aromatic N) is 2. The third-order valence-electron chi connectivity index (χ3n) is 5.58. The maximum Gasteiger partial charge on any atom is 0.255 e. The van der Waals surface area contributed by atoms with Crippen LogP contribution in [0.3, 0.4) is 0 Å². The molecule has 5 heteroatoms. The Hall–Kier alpha value is -2.53. The summed E-state index contributed by atoms with van der Waals surface area (Å²) in [5.41, 5.74) is 2.53. The lowest BCUT2D eigenvalue weighted by molar-refractivity contribution is 0.102. The molecule has 2 heterocycles. The molecule has 1 amide bonds. The number of para-hydroxylation sites is 2. The smallest absolute Gasteiger partial charge is 0.255 e. The van der Waals surface area contributed by atoms with Gasteiger partial charge in [-0.2, -0.15) is 0 Å². The molecule has 0 aromatic heterocycles. The van der Waals surface area contributed by atoms with Crippen LogP contribution in [0.25, 0.3) is 0 Å². The first-order valence-electron chi connectivity index (χ1n) is 10.4. The molecule has 2 aliphatic heterocycles. The number of amides is 1. The van der Waals surface area contributed by atoms with Crippen molar-refractivity contribution >= 4 is 17.3 Å². The Balaban J connectivity index is 1.39. The van der Waals surface area contributed by atoms with Crippen molar-refractivity contribution in [3.63, 3.8) is 0 Å². The van der Waals surface area contributed by atoms with Gasteiger partial charge in [0.25, 0.3) is 5.91 Å². The van der Waals surface area contributed by atoms with E-state index in [0.717, 1.165) is 49.8 Å². The number of likely N-dealkylation sites (tertiary alicyclic amines) is 1. The van der Waals surface area contributed by atoms with Gasteiger partial charge in [0.05, 0.1) is 5.69 Å². The van der Waals surface area contributed by atoms with Gasteiger partial charge in [0, 0.05) is 30.9 Å². The van der Waals surface area contributed by atoms with Crippen LogP contribution in [0.5, 0.6) is 5.75 Å². The van der Waals surface area contributed by atoms with Gasteiger partial charge < -0.3 is 15.0 Å². The van der Waals surface area contributed by atoms with Crippen molar-refractivity contribution in [2.45, 2.75) is 25.7 Å². The number of hydrogen-bond donors (Lipinski definition) is 1. The summed E-state index contributed by atoms with van der Waals surface area (Å²) in [5, 5.41) is 3.03. The Morgan fingerprint density at radius 1 is 0.929 bits per heavy atom. The van der Waals surface area contributed by atoms with Gasteiger partial charge in [-0.05, 0) is 69.1 Å². The first-order valence-corrected chi connectivity index (χ1v) is 10.4. The highest BCUT2D eigenvalue weighted by atomic mass is 16.5. The van der Waals surface area contributed by atoms with Crippen LogP contribution >= 0.6 is 0 Å². The van der Waals surface area contributed by atoms with Crippen LogP contribution in [0.4, 0.5) is 11.4 Å². The summed E-state index contributed by atoms with van der Waals surface area (Å²) < 4.78 is 5.98. The molecule has 0 unspecified atom stereocenters. The number of anilines is 2. The van der Waals surface area contributed by atoms with E-state index in [1.807, 2.05) is 42.5 Å². The molecule has 1 N–H and O–H groups in total. The summed E-state index contributed by atoms with van der Waals surface area (Å²) in [5.74, 6) is 0.627. The monoisotopic (exact) mass is 379 g/mol. The summed E-state index contributed by atoms with van der Waals surface area (Å²) in [7, 11) is 0. The molecule has 2 aliphatic rings. The van der Waals surface area contributed by atoms with E-state index < -0.39 is 0 Å². The zero-order valence-corrected chi connectivity index (χ0v) is 16.4. The number of nitrogens with one attached hydrogen (secondary N) is 1. The third kappa shape index (κ3) is 4.65. The van der Waals surface area contributed by atoms with E-state index in [2.05, 4.69) is 21.2 Å². The van der Waals surface area contributed by atoms with Gasteiger partial charge in [-0.3, -0.25) is 9.69 Å². The highest BCUT2D eigenvalue weighted by molar-refractivity contribution is 6.05. The van der Waals surface area contributed by atoms with Crippen molar-refractivity contribution in [2.24, 2.45) is 0 Å². The first-order chi connectivity index (χ1) is 13.8. The molecule has 0 radical (unpaired) electrons. The molecule has 2 saturated heterocycles. The lowest BCUT2D eigenvalue weighted by Gasteiger charge is -2.19. The van der Waals surface area contributed by atoms with Gasteiger partial charge in [-0.1, -0.05) is 18.2 Å². The second kappa shape index (κ2) is 9.11. The molecule has 2 aromatic carbocycles. The molecule has 0 atom stereocenters. The molecule has 4 rings (SSSR count). The van der Waals surface area contributed by atoms with E-state index >= 15 is 0 Å². The molecule has 0 spiro atoms. The average molecular weight is 380 g/mol. The number of ether oxygens (including phenoxy) is 1. The van der Waals surface area contributed by atoms with E-state index in [0.29, 0.717) is 12.2 Å². The quantitative estimate of drug-likeness (QED) is 0.789. The minimum atomic E-state index is -0.100. The maximum atomic E-state index is 12.8. The van der Waals surface area contributed by atoms with E-state index in [1.54, 1.807) is 0 Å². The Labute approximate surface area is 167 Å². The number of carbonyl (C=O) groups is 1. The van der Waals surface area contributed by atoms with Crippen molar-refractivity contribution in [1.29, 1.82) is 0 Å². The van der Waals surface area contributed by atoms with Crippen LogP contribution in [0.2, 0.25) is 0 Å². The average Bonchev–Trinajstić information content (AvgIpc) is 3.44. The van der Waals surface area contributed by atoms with Crippen LogP contribution < -0.4 is 15.0 Å². The van der Waals surface area contributed by atoms with Gasteiger partial charge in [-0.15, -0.1) is 0 Å². The van der Waals surface area contributed by atoms with Crippen LogP contribution in [-0.4, -0.2) is 50.1 Å². The highest BCUT2D eigenvalue weighted by Gasteiger charge is 2.16. The lowest BCUT2D eigenvalue weighted by atomic mass is 10.1. The molecule has 0 bridgehead atoms. The Morgan fingerprint density at radius 2 is 1.68 bits per heavy atom. The van der Waals surface area contributed by atoms with Crippen LogP contribution in [0, 0.1) is 0 Å². The third-order valence-corrected chi connectivity index (χ3v) is 5.58. The van der Waals surface area contributed by atoms with E-state index in [-0.39, 0.29) is 5.91 Å². The van der Waals surface area contributed by atoms with Crippen molar-refractivity contribution in [2.75, 3.05) is 49.5 Å². The number of benzene rings is 2. The van der Waals surface area contributed by atoms with Gasteiger partial charge >= 0.3 is 0 Å². The zero-order valence-electron chi connectivity index (χ0n) is 16.4. The second-order valence-electron chi connectivity index (χ2n) is 7.59. The van der Waals surface area contributed by atoms with Crippen molar-refractivity contribution in [3.8, 4) is 5.75 Å². The topological polar surface area (TPSA) is 44.8 Å². The van der Waals surface area contributed by atoms with Gasteiger partial charge in [0.1, 0.15) is 12.4 Å². The fraction of sp³-hybridized carbons (Fsp3) is 0.435. The number of hydrogen-bond acceptors (Lipinski definition) is 4. The zero-order chi connectivity index (χ0) is 19.2. The summed E-state index contributed by atoms with van der Waals surface area (Å²) in [4.78, 5) is 17.6. The Bertz CT molecular complexity index is 796. The summed E-state index contributed by atoms with van der Waals surface area (Å²) in [6.07, 6.45) is 5.00. The van der Waals surface area contributed by atoms with E-state index in [9.17, 15) is 4.79 Å². The minimum Gasteiger partial charge on any atom is -0.490 e. The molecule has 2 fully saturated rings. The van der Waals surface area contributed by atoms with Crippen molar-refractivity contribution in [1.82, 2.24) is 4.90 Å². The standard InChI is InChI=1S/C23H29N3O2/c27-23(19-8-7-9-20(18-19)26-14-5-6-15-26)24-21-10-1-2-11-22(21)28-17-16-25-12-3-4-13-25/h1-2,7-11,18H,3-6,12-17H2,(H,24,27). The maximum absolute atomic E-state index is 12.8. The minimum absolute atomic E-state index is 0.100. The molecular weight excluding hydrogens is 350 g/mol. The molecule has 28 heavy (non-hydrogen) atoms. The molecule has 5 nitrogen and oxygen atoms in total. The number of rotatable bonds is 7. The van der Waals surface area contributed by atoms with Gasteiger partial charge in [-0.25, -0.2) is 0 Å². The summed E-state index contributed by atoms with van der Waals surface area (Å²) in [6, 6.07) is 15.6. The fourth-order valence-electron chi connectivity index (χ4n) is 4.00. The van der Waals surface area contributed by atoms with Crippen molar-refractivity contribution < 1.29 is 9.53 Å². The largest absolute Gasteiger partial charge is 0.490 e. The van der Waals surface area contributed by atoms with Crippen LogP contribution in [-0.2, 0) is 0 Å². The second-order valence-corrected chi connectivity index (χ2v) is 7.59. The fourth-order valence-corrected chi connectivity index (χ4v) is 4.00. The van der Waals surface area contributed by atoms with Gasteiger partial charge in [0.15, 0.2) is 0 Å². The molecule has 0 saturated carbocycles. The Kier molecular flexibility index (Phi) is 6.12. The van der Waals surface area contributed by atoms with Crippen LogP contribution in [0.15, 0.2) is 48.5 Å².